The van der Waals surface area contributed by atoms with Gasteiger partial charge in [0.25, 0.3) is 0 Å². The number of sulfonamides is 1. The molecule has 3 rings (SSSR count). The lowest BCUT2D eigenvalue weighted by Gasteiger charge is -2.56. The highest BCUT2D eigenvalue weighted by molar-refractivity contribution is 7.89. The molecule has 10 heteroatoms. The number of methoxy groups -OCH3 is 1. The van der Waals surface area contributed by atoms with Crippen molar-refractivity contribution in [1.82, 2.24) is 19.0 Å². The van der Waals surface area contributed by atoms with Crippen LogP contribution in [-0.2, 0) is 19.6 Å². The zero-order chi connectivity index (χ0) is 28.5. The average molecular weight is 553 g/mol. The van der Waals surface area contributed by atoms with E-state index in [4.69, 9.17) is 9.47 Å². The number of benzene rings is 1. The first-order valence-corrected chi connectivity index (χ1v) is 15.0. The molecule has 0 spiro atoms. The Labute approximate surface area is 230 Å². The molecule has 9 nitrogen and oxygen atoms in total. The summed E-state index contributed by atoms with van der Waals surface area (Å²) in [5.74, 6) is 0.587. The summed E-state index contributed by atoms with van der Waals surface area (Å²) < 4.78 is 38.5. The molecule has 216 valence electrons. The summed E-state index contributed by atoms with van der Waals surface area (Å²) in [5.41, 5.74) is 1.55. The minimum atomic E-state index is -3.69. The number of piperazine rings is 1. The molecule has 0 bridgehead atoms. The zero-order valence-electron chi connectivity index (χ0n) is 24.8. The van der Waals surface area contributed by atoms with Crippen LogP contribution >= 0.6 is 0 Å². The number of hydrogen-bond donors (Lipinski definition) is 0. The van der Waals surface area contributed by atoms with Crippen LogP contribution < -0.4 is 4.74 Å². The van der Waals surface area contributed by atoms with Crippen LogP contribution in [0.3, 0.4) is 0 Å². The topological polar surface area (TPSA) is 82.6 Å². The third-order valence-electron chi connectivity index (χ3n) is 8.58. The third kappa shape index (κ3) is 6.70. The molecule has 2 saturated heterocycles. The molecule has 0 saturated carbocycles. The van der Waals surface area contributed by atoms with E-state index in [0.717, 1.165) is 25.9 Å². The Bertz CT molecular complexity index is 1060. The van der Waals surface area contributed by atoms with Gasteiger partial charge in [0.2, 0.25) is 15.9 Å². The largest absolute Gasteiger partial charge is 0.497 e. The lowest BCUT2D eigenvalue weighted by molar-refractivity contribution is -0.139. The van der Waals surface area contributed by atoms with Gasteiger partial charge in [0.05, 0.1) is 18.6 Å². The SMILES string of the molecule is COc1cc(C)c(S(=O)(=O)N(C)CCOCC(=O)N2CCN(C3CC(C)(C)N(C)C(C)(C)C3)CC2)c(C)c1. The molecule has 0 atom stereocenters. The van der Waals surface area contributed by atoms with E-state index in [0.29, 0.717) is 36.0 Å². The van der Waals surface area contributed by atoms with Gasteiger partial charge in [0.1, 0.15) is 12.4 Å². The van der Waals surface area contributed by atoms with Crippen molar-refractivity contribution < 1.29 is 22.7 Å². The molecule has 0 radical (unpaired) electrons. The van der Waals surface area contributed by atoms with Crippen LogP contribution in [0.5, 0.6) is 5.75 Å². The number of carbonyl (C=O) groups excluding carboxylic acids is 1. The number of hydrogen-bond acceptors (Lipinski definition) is 7. The molecule has 1 aromatic carbocycles. The summed E-state index contributed by atoms with van der Waals surface area (Å²) in [7, 11) is 1.63. The van der Waals surface area contributed by atoms with Crippen molar-refractivity contribution in [1.29, 1.82) is 0 Å². The minimum absolute atomic E-state index is 0.0389. The van der Waals surface area contributed by atoms with Crippen molar-refractivity contribution in [2.24, 2.45) is 0 Å². The van der Waals surface area contributed by atoms with Crippen LogP contribution in [0.25, 0.3) is 0 Å². The molecule has 2 aliphatic rings. The monoisotopic (exact) mass is 552 g/mol. The van der Waals surface area contributed by atoms with Gasteiger partial charge in [0.15, 0.2) is 0 Å². The lowest BCUT2D eigenvalue weighted by Crippen LogP contribution is -2.64. The summed E-state index contributed by atoms with van der Waals surface area (Å²) in [4.78, 5) is 20.0. The molecule has 0 aromatic heterocycles. The van der Waals surface area contributed by atoms with E-state index in [2.05, 4.69) is 44.5 Å². The van der Waals surface area contributed by atoms with Gasteiger partial charge < -0.3 is 14.4 Å². The van der Waals surface area contributed by atoms with E-state index in [9.17, 15) is 13.2 Å². The van der Waals surface area contributed by atoms with Crippen LogP contribution in [0.1, 0.15) is 51.7 Å². The van der Waals surface area contributed by atoms with Crippen molar-refractivity contribution in [3.63, 3.8) is 0 Å². The van der Waals surface area contributed by atoms with Crippen LogP contribution in [0, 0.1) is 13.8 Å². The zero-order valence-corrected chi connectivity index (χ0v) is 25.7. The lowest BCUT2D eigenvalue weighted by atomic mass is 9.77. The quantitative estimate of drug-likeness (QED) is 0.436. The van der Waals surface area contributed by atoms with E-state index in [1.807, 2.05) is 4.90 Å². The van der Waals surface area contributed by atoms with Crippen LogP contribution in [0.15, 0.2) is 17.0 Å². The molecule has 38 heavy (non-hydrogen) atoms. The number of likely N-dealkylation sites (N-methyl/N-ethyl adjacent to an activating group) is 1. The average Bonchev–Trinajstić information content (AvgIpc) is 2.83. The summed E-state index contributed by atoms with van der Waals surface area (Å²) >= 11 is 0. The standard InChI is InChI=1S/C28H48N4O5S/c1-21-16-24(36-9)17-22(2)26(21)38(34,35)29(7)14-15-37-20-25(33)32-12-10-31(11-13-32)23-18-27(3,4)30(8)28(5,6)19-23/h16-17,23H,10-15,18-20H2,1-9H3. The normalized spacial score (nSPS) is 21.2. The van der Waals surface area contributed by atoms with Crippen molar-refractivity contribution in [3.8, 4) is 5.75 Å². The first-order valence-electron chi connectivity index (χ1n) is 13.6. The molecule has 0 unspecified atom stereocenters. The number of rotatable bonds is 9. The first kappa shape index (κ1) is 30.8. The second-order valence-corrected chi connectivity index (χ2v) is 14.1. The molecule has 2 aliphatic heterocycles. The number of likely N-dealkylation sites (tertiary alicyclic amines) is 1. The Morgan fingerprint density at radius 1 is 1.03 bits per heavy atom. The van der Waals surface area contributed by atoms with Gasteiger partial charge in [-0.05, 0) is 84.7 Å². The smallest absolute Gasteiger partial charge is 0.248 e. The molecule has 0 aliphatic carbocycles. The Morgan fingerprint density at radius 3 is 2.05 bits per heavy atom. The van der Waals surface area contributed by atoms with E-state index < -0.39 is 10.0 Å². The molecule has 2 heterocycles. The van der Waals surface area contributed by atoms with Gasteiger partial charge in [-0.2, -0.15) is 4.31 Å². The second-order valence-electron chi connectivity index (χ2n) is 12.1. The van der Waals surface area contributed by atoms with Gasteiger partial charge in [-0.25, -0.2) is 8.42 Å². The second kappa shape index (κ2) is 11.8. The fourth-order valence-electron chi connectivity index (χ4n) is 6.07. The summed E-state index contributed by atoms with van der Waals surface area (Å²) in [6.07, 6.45) is 2.24. The summed E-state index contributed by atoms with van der Waals surface area (Å²) in [6.45, 7) is 16.2. The van der Waals surface area contributed by atoms with Crippen LogP contribution in [0.2, 0.25) is 0 Å². The Morgan fingerprint density at radius 2 is 1.55 bits per heavy atom. The Balaban J connectivity index is 1.45. The minimum Gasteiger partial charge on any atom is -0.497 e. The number of piperidine rings is 1. The Hall–Kier alpha value is -1.72. The van der Waals surface area contributed by atoms with Gasteiger partial charge in [-0.1, -0.05) is 0 Å². The highest BCUT2D eigenvalue weighted by Crippen LogP contribution is 2.39. The molecule has 2 fully saturated rings. The van der Waals surface area contributed by atoms with Crippen molar-refractivity contribution in [2.45, 2.75) is 76.4 Å². The van der Waals surface area contributed by atoms with E-state index >= 15 is 0 Å². The molecule has 1 amide bonds. The van der Waals surface area contributed by atoms with Gasteiger partial charge in [0, 0.05) is 56.9 Å². The van der Waals surface area contributed by atoms with Crippen molar-refractivity contribution in [2.75, 3.05) is 67.1 Å². The number of carbonyl (C=O) groups is 1. The fraction of sp³-hybridized carbons (Fsp3) is 0.750. The van der Waals surface area contributed by atoms with E-state index in [1.54, 1.807) is 33.1 Å². The van der Waals surface area contributed by atoms with Gasteiger partial charge in [-0.15, -0.1) is 0 Å². The highest BCUT2D eigenvalue weighted by Gasteiger charge is 2.45. The molecule has 1 aromatic rings. The maximum absolute atomic E-state index is 13.2. The first-order chi connectivity index (χ1) is 17.6. The third-order valence-corrected chi connectivity index (χ3v) is 10.7. The summed E-state index contributed by atoms with van der Waals surface area (Å²) in [6, 6.07) is 3.95. The Kier molecular flexibility index (Phi) is 9.57. The van der Waals surface area contributed by atoms with E-state index in [1.165, 1.54) is 11.4 Å². The van der Waals surface area contributed by atoms with Crippen molar-refractivity contribution in [3.05, 3.63) is 23.3 Å². The maximum atomic E-state index is 13.2. The fourth-order valence-corrected chi connectivity index (χ4v) is 7.63. The predicted molar refractivity (Wildman–Crippen MR) is 150 cm³/mol. The summed E-state index contributed by atoms with van der Waals surface area (Å²) in [5, 5.41) is 0. The number of nitrogens with zero attached hydrogens (tertiary/aromatic N) is 4. The van der Waals surface area contributed by atoms with Crippen LogP contribution in [0.4, 0.5) is 0 Å². The van der Waals surface area contributed by atoms with Gasteiger partial charge >= 0.3 is 0 Å². The van der Waals surface area contributed by atoms with E-state index in [-0.39, 0.29) is 41.6 Å². The molecular formula is C28H48N4O5S. The number of amides is 1. The maximum Gasteiger partial charge on any atom is 0.248 e. The van der Waals surface area contributed by atoms with Crippen LogP contribution in [-0.4, -0.2) is 118 Å². The molecular weight excluding hydrogens is 504 g/mol. The number of aryl methyl sites for hydroxylation is 2. The highest BCUT2D eigenvalue weighted by atomic mass is 32.2. The van der Waals surface area contributed by atoms with Gasteiger partial charge in [-0.3, -0.25) is 14.6 Å². The van der Waals surface area contributed by atoms with Crippen molar-refractivity contribution >= 4 is 15.9 Å². The predicted octanol–water partition coefficient (Wildman–Crippen LogP) is 2.74. The number of ether oxygens (including phenoxy) is 2. The molecule has 0 N–H and O–H groups in total.